The van der Waals surface area contributed by atoms with Crippen LogP contribution in [-0.4, -0.2) is 34.4 Å². The molecule has 140 valence electrons. The van der Waals surface area contributed by atoms with Crippen LogP contribution in [0.1, 0.15) is 50.1 Å². The molecule has 1 unspecified atom stereocenters. The molecule has 1 saturated heterocycles. The van der Waals surface area contributed by atoms with Gasteiger partial charge in [-0.1, -0.05) is 43.7 Å². The van der Waals surface area contributed by atoms with E-state index in [1.807, 2.05) is 0 Å². The number of carbonyl (C=O) groups is 1. The van der Waals surface area contributed by atoms with Crippen LogP contribution in [0.15, 0.2) is 24.3 Å². The summed E-state index contributed by atoms with van der Waals surface area (Å²) in [7, 11) is 0. The number of benzene rings is 1. The zero-order chi connectivity index (χ0) is 18.5. The van der Waals surface area contributed by atoms with Crippen LogP contribution >= 0.6 is 11.5 Å². The van der Waals surface area contributed by atoms with Gasteiger partial charge < -0.3 is 10.2 Å². The van der Waals surface area contributed by atoms with Crippen LogP contribution < -0.4 is 10.2 Å². The third-order valence-electron chi connectivity index (χ3n) is 4.76. The highest BCUT2D eigenvalue weighted by atomic mass is 32.1. The van der Waals surface area contributed by atoms with E-state index in [1.165, 1.54) is 22.7 Å². The van der Waals surface area contributed by atoms with E-state index in [1.54, 1.807) is 0 Å². The smallest absolute Gasteiger partial charge is 0.242 e. The first kappa shape index (κ1) is 18.8. The Morgan fingerprint density at radius 3 is 2.85 bits per heavy atom. The molecule has 1 aromatic heterocycles. The minimum atomic E-state index is -0.109. The maximum atomic E-state index is 12.5. The van der Waals surface area contributed by atoms with E-state index in [0.29, 0.717) is 5.92 Å². The molecule has 1 aliphatic rings. The molecule has 1 amide bonds. The third kappa shape index (κ3) is 4.81. The Hall–Kier alpha value is -1.95. The lowest BCUT2D eigenvalue weighted by Crippen LogP contribution is -2.43. The zero-order valence-electron chi connectivity index (χ0n) is 15.9. The van der Waals surface area contributed by atoms with Gasteiger partial charge in [-0.05, 0) is 37.7 Å². The van der Waals surface area contributed by atoms with Crippen molar-refractivity contribution in [1.29, 1.82) is 0 Å². The van der Waals surface area contributed by atoms with Gasteiger partial charge in [-0.25, -0.2) is 4.98 Å². The molecule has 1 aliphatic heterocycles. The molecule has 6 heteroatoms. The van der Waals surface area contributed by atoms with Crippen molar-refractivity contribution in [2.75, 3.05) is 18.0 Å². The van der Waals surface area contributed by atoms with E-state index >= 15 is 0 Å². The van der Waals surface area contributed by atoms with Crippen LogP contribution in [0.3, 0.4) is 0 Å². The summed E-state index contributed by atoms with van der Waals surface area (Å²) >= 11 is 1.40. The number of nitrogens with one attached hydrogen (secondary N) is 1. The number of anilines is 1. The lowest BCUT2D eigenvalue weighted by atomic mass is 10.1. The molecule has 1 atom stereocenters. The SMILES string of the molecule is Cc1ccc(Cc2nsc(N3CCCC3C(=O)NCCC(C)C)n2)cc1. The largest absolute Gasteiger partial charge is 0.354 e. The predicted molar refractivity (Wildman–Crippen MR) is 107 cm³/mol. The van der Waals surface area contributed by atoms with Gasteiger partial charge in [-0.3, -0.25) is 4.79 Å². The Kier molecular flexibility index (Phi) is 6.25. The molecule has 0 aliphatic carbocycles. The van der Waals surface area contributed by atoms with Crippen molar-refractivity contribution in [3.8, 4) is 0 Å². The Balaban J connectivity index is 1.61. The van der Waals surface area contributed by atoms with Crippen molar-refractivity contribution >= 4 is 22.6 Å². The number of hydrogen-bond acceptors (Lipinski definition) is 5. The summed E-state index contributed by atoms with van der Waals surface area (Å²) in [5, 5.41) is 3.95. The van der Waals surface area contributed by atoms with Crippen LogP contribution in [0.2, 0.25) is 0 Å². The van der Waals surface area contributed by atoms with Crippen molar-refractivity contribution < 1.29 is 4.79 Å². The van der Waals surface area contributed by atoms with E-state index < -0.39 is 0 Å². The molecule has 2 heterocycles. The second kappa shape index (κ2) is 8.62. The summed E-state index contributed by atoms with van der Waals surface area (Å²) in [5.41, 5.74) is 2.47. The molecular formula is C20H28N4OS. The maximum absolute atomic E-state index is 12.5. The molecule has 2 aromatic rings. The van der Waals surface area contributed by atoms with Gasteiger partial charge in [-0.2, -0.15) is 4.37 Å². The van der Waals surface area contributed by atoms with Crippen LogP contribution in [0, 0.1) is 12.8 Å². The Morgan fingerprint density at radius 1 is 1.35 bits per heavy atom. The fourth-order valence-electron chi connectivity index (χ4n) is 3.19. The fraction of sp³-hybridized carbons (Fsp3) is 0.550. The van der Waals surface area contributed by atoms with Crippen LogP contribution in [-0.2, 0) is 11.2 Å². The first-order valence-corrected chi connectivity index (χ1v) is 10.2. The molecule has 0 radical (unpaired) electrons. The lowest BCUT2D eigenvalue weighted by Gasteiger charge is -2.22. The molecule has 1 aromatic carbocycles. The Morgan fingerprint density at radius 2 is 2.12 bits per heavy atom. The highest BCUT2D eigenvalue weighted by Gasteiger charge is 2.32. The molecule has 0 saturated carbocycles. The normalized spacial score (nSPS) is 17.1. The summed E-state index contributed by atoms with van der Waals surface area (Å²) in [6.45, 7) is 8.05. The lowest BCUT2D eigenvalue weighted by molar-refractivity contribution is -0.122. The second-order valence-corrected chi connectivity index (χ2v) is 8.21. The third-order valence-corrected chi connectivity index (χ3v) is 5.55. The first-order chi connectivity index (χ1) is 12.5. The minimum absolute atomic E-state index is 0.109. The van der Waals surface area contributed by atoms with Crippen molar-refractivity contribution in [3.05, 3.63) is 41.2 Å². The average molecular weight is 373 g/mol. The van der Waals surface area contributed by atoms with Gasteiger partial charge >= 0.3 is 0 Å². The van der Waals surface area contributed by atoms with Crippen molar-refractivity contribution in [2.24, 2.45) is 5.92 Å². The number of rotatable bonds is 7. The van der Waals surface area contributed by atoms with Gasteiger partial charge in [0.15, 0.2) is 0 Å². The number of carbonyl (C=O) groups excluding carboxylic acids is 1. The van der Waals surface area contributed by atoms with E-state index in [0.717, 1.165) is 49.7 Å². The van der Waals surface area contributed by atoms with E-state index in [-0.39, 0.29) is 11.9 Å². The highest BCUT2D eigenvalue weighted by molar-refractivity contribution is 7.09. The summed E-state index contributed by atoms with van der Waals surface area (Å²) in [5.74, 6) is 1.56. The standard InChI is InChI=1S/C20H28N4OS/c1-14(2)10-11-21-19(25)17-5-4-12-24(17)20-22-18(23-26-20)13-16-8-6-15(3)7-9-16/h6-9,14,17H,4-5,10-13H2,1-3H3,(H,21,25). The quantitative estimate of drug-likeness (QED) is 0.807. The predicted octanol–water partition coefficient (Wildman–Crippen LogP) is 3.57. The highest BCUT2D eigenvalue weighted by Crippen LogP contribution is 2.27. The molecule has 0 bridgehead atoms. The summed E-state index contributed by atoms with van der Waals surface area (Å²) in [6, 6.07) is 8.36. The Bertz CT molecular complexity index is 726. The van der Waals surface area contributed by atoms with Gasteiger partial charge in [-0.15, -0.1) is 0 Å². The maximum Gasteiger partial charge on any atom is 0.242 e. The molecule has 1 N–H and O–H groups in total. The van der Waals surface area contributed by atoms with Gasteiger partial charge in [0.05, 0.1) is 0 Å². The fourth-order valence-corrected chi connectivity index (χ4v) is 3.95. The summed E-state index contributed by atoms with van der Waals surface area (Å²) in [4.78, 5) is 19.4. The van der Waals surface area contributed by atoms with Gasteiger partial charge in [0, 0.05) is 31.0 Å². The van der Waals surface area contributed by atoms with E-state index in [2.05, 4.69) is 59.6 Å². The molecule has 5 nitrogen and oxygen atoms in total. The molecule has 1 fully saturated rings. The van der Waals surface area contributed by atoms with Gasteiger partial charge in [0.2, 0.25) is 11.0 Å². The monoisotopic (exact) mass is 372 g/mol. The van der Waals surface area contributed by atoms with Crippen LogP contribution in [0.25, 0.3) is 0 Å². The van der Waals surface area contributed by atoms with Crippen LogP contribution in [0.5, 0.6) is 0 Å². The number of aromatic nitrogens is 2. The summed E-state index contributed by atoms with van der Waals surface area (Å²) < 4.78 is 4.51. The molecule has 26 heavy (non-hydrogen) atoms. The number of amides is 1. The minimum Gasteiger partial charge on any atom is -0.354 e. The number of hydrogen-bond donors (Lipinski definition) is 1. The molecule has 3 rings (SSSR count). The van der Waals surface area contributed by atoms with Crippen molar-refractivity contribution in [1.82, 2.24) is 14.7 Å². The average Bonchev–Trinajstić information content (AvgIpc) is 3.25. The van der Waals surface area contributed by atoms with E-state index in [9.17, 15) is 4.79 Å². The Labute approximate surface area is 160 Å². The number of nitrogens with zero attached hydrogens (tertiary/aromatic N) is 3. The topological polar surface area (TPSA) is 58.1 Å². The van der Waals surface area contributed by atoms with Crippen LogP contribution in [0.4, 0.5) is 5.13 Å². The molecule has 0 spiro atoms. The first-order valence-electron chi connectivity index (χ1n) is 9.45. The number of aryl methyl sites for hydroxylation is 1. The van der Waals surface area contributed by atoms with Gasteiger partial charge in [0.25, 0.3) is 0 Å². The van der Waals surface area contributed by atoms with Crippen molar-refractivity contribution in [2.45, 2.75) is 52.5 Å². The second-order valence-electron chi connectivity index (χ2n) is 7.48. The van der Waals surface area contributed by atoms with E-state index in [4.69, 9.17) is 4.98 Å². The summed E-state index contributed by atoms with van der Waals surface area (Å²) in [6.07, 6.45) is 3.66. The van der Waals surface area contributed by atoms with Gasteiger partial charge in [0.1, 0.15) is 11.9 Å². The molecular weight excluding hydrogens is 344 g/mol. The van der Waals surface area contributed by atoms with Crippen molar-refractivity contribution in [3.63, 3.8) is 0 Å². The zero-order valence-corrected chi connectivity index (χ0v) is 16.7.